The minimum Gasteiger partial charge on any atom is -0.508 e. The van der Waals surface area contributed by atoms with Crippen LogP contribution in [0.3, 0.4) is 0 Å². The van der Waals surface area contributed by atoms with Gasteiger partial charge in [0.25, 0.3) is 0 Å². The van der Waals surface area contributed by atoms with Crippen molar-refractivity contribution in [3.05, 3.63) is 59.9 Å². The van der Waals surface area contributed by atoms with E-state index < -0.39 is 5.97 Å². The number of rotatable bonds is 5. The van der Waals surface area contributed by atoms with Crippen LogP contribution in [0.2, 0.25) is 0 Å². The molecule has 0 spiro atoms. The number of hydrogen-bond donors (Lipinski definition) is 1. The van der Waals surface area contributed by atoms with Crippen LogP contribution < -0.4 is 4.74 Å². The van der Waals surface area contributed by atoms with Gasteiger partial charge in [0.2, 0.25) is 0 Å². The third kappa shape index (κ3) is 6.25. The number of hydrogen-bond acceptors (Lipinski definition) is 6. The van der Waals surface area contributed by atoms with E-state index in [4.69, 9.17) is 14.2 Å². The van der Waals surface area contributed by atoms with Gasteiger partial charge in [0.1, 0.15) is 11.5 Å². The van der Waals surface area contributed by atoms with E-state index in [2.05, 4.69) is 18.4 Å². The molecule has 0 bridgehead atoms. The molecule has 0 unspecified atom stereocenters. The minimum atomic E-state index is -0.438. The van der Waals surface area contributed by atoms with E-state index in [1.165, 1.54) is 20.3 Å². The Labute approximate surface area is 219 Å². The summed E-state index contributed by atoms with van der Waals surface area (Å²) in [6.45, 7) is 8.27. The van der Waals surface area contributed by atoms with E-state index in [-0.39, 0.29) is 32.6 Å². The van der Waals surface area contributed by atoms with E-state index in [9.17, 15) is 14.7 Å². The van der Waals surface area contributed by atoms with Crippen LogP contribution in [0, 0.1) is 0 Å². The lowest BCUT2D eigenvalue weighted by Crippen LogP contribution is -2.04. The molecule has 0 saturated heterocycles. The van der Waals surface area contributed by atoms with Gasteiger partial charge in [-0.2, -0.15) is 0 Å². The number of aromatic nitrogens is 2. The second-order valence-electron chi connectivity index (χ2n) is 8.65. The first-order chi connectivity index (χ1) is 16.6. The summed E-state index contributed by atoms with van der Waals surface area (Å²) in [5, 5.41) is 11.3. The van der Waals surface area contributed by atoms with Crippen LogP contribution in [0.15, 0.2) is 48.8 Å². The Kier molecular flexibility index (Phi) is 10.8. The van der Waals surface area contributed by atoms with Crippen LogP contribution in [0.25, 0.3) is 21.8 Å². The molecule has 8 heteroatoms. The number of esters is 2. The van der Waals surface area contributed by atoms with Gasteiger partial charge in [0.15, 0.2) is 0 Å². The fourth-order valence-electron chi connectivity index (χ4n) is 4.06. The largest absolute Gasteiger partial charge is 0.508 e. The van der Waals surface area contributed by atoms with E-state index in [1.807, 2.05) is 49.0 Å². The number of nitrogens with zero attached hydrogens (tertiary/aromatic N) is 2. The van der Waals surface area contributed by atoms with Gasteiger partial charge in [-0.1, -0.05) is 14.9 Å². The van der Waals surface area contributed by atoms with Crippen molar-refractivity contribution in [2.24, 2.45) is 0 Å². The number of phenols is 1. The van der Waals surface area contributed by atoms with Crippen LogP contribution in [0.5, 0.6) is 11.5 Å². The summed E-state index contributed by atoms with van der Waals surface area (Å²) in [7, 11) is 4.30. The molecule has 0 radical (unpaired) electrons. The second kappa shape index (κ2) is 12.9. The Bertz CT molecular complexity index is 1360. The summed E-state index contributed by atoms with van der Waals surface area (Å²) in [5.74, 6) is -0.0604. The number of carbonyl (C=O) groups excluding carboxylic acids is 2. The zero-order chi connectivity index (χ0) is 25.9. The molecule has 2 aromatic heterocycles. The van der Waals surface area contributed by atoms with Crippen LogP contribution >= 0.6 is 0 Å². The van der Waals surface area contributed by atoms with Crippen molar-refractivity contribution >= 4 is 33.7 Å². The molecule has 8 nitrogen and oxygen atoms in total. The second-order valence-corrected chi connectivity index (χ2v) is 8.65. The maximum absolute atomic E-state index is 11.8. The Morgan fingerprint density at radius 1 is 0.730 bits per heavy atom. The van der Waals surface area contributed by atoms with Gasteiger partial charge in [-0.3, -0.25) is 0 Å². The Morgan fingerprint density at radius 3 is 1.57 bits per heavy atom. The van der Waals surface area contributed by atoms with Crippen LogP contribution in [0.4, 0.5) is 0 Å². The van der Waals surface area contributed by atoms with Crippen molar-refractivity contribution in [2.75, 3.05) is 21.3 Å². The van der Waals surface area contributed by atoms with Crippen molar-refractivity contribution in [1.82, 2.24) is 9.13 Å². The molecule has 0 saturated carbocycles. The molecule has 37 heavy (non-hydrogen) atoms. The number of fused-ring (bicyclic) bond motifs is 2. The zero-order valence-electron chi connectivity index (χ0n) is 21.2. The van der Waals surface area contributed by atoms with Gasteiger partial charge in [-0.15, -0.1) is 0 Å². The lowest BCUT2D eigenvalue weighted by atomic mass is 10.1. The highest BCUT2D eigenvalue weighted by atomic mass is 16.5. The van der Waals surface area contributed by atoms with E-state index in [0.29, 0.717) is 22.9 Å². The highest BCUT2D eigenvalue weighted by Gasteiger charge is 2.17. The molecule has 4 rings (SSSR count). The van der Waals surface area contributed by atoms with Crippen molar-refractivity contribution in [3.63, 3.8) is 0 Å². The van der Waals surface area contributed by atoms with Crippen molar-refractivity contribution in [3.8, 4) is 11.5 Å². The third-order valence-corrected chi connectivity index (χ3v) is 5.79. The monoisotopic (exact) mass is 512 g/mol. The predicted molar refractivity (Wildman–Crippen MR) is 149 cm³/mol. The molecule has 0 aliphatic carbocycles. The number of phenolic OH excluding ortho intramolecular Hbond substituents is 1. The number of benzene rings is 2. The molecule has 202 valence electrons. The van der Waals surface area contributed by atoms with Crippen LogP contribution in [-0.4, -0.2) is 47.5 Å². The van der Waals surface area contributed by atoms with Gasteiger partial charge in [0.05, 0.1) is 43.5 Å². The molecular weight excluding hydrogens is 472 g/mol. The first kappa shape index (κ1) is 31.1. The lowest BCUT2D eigenvalue weighted by Gasteiger charge is -2.11. The van der Waals surface area contributed by atoms with Crippen molar-refractivity contribution in [1.29, 1.82) is 0 Å². The summed E-state index contributed by atoms with van der Waals surface area (Å²) in [4.78, 5) is 23.4. The summed E-state index contributed by atoms with van der Waals surface area (Å²) >= 11 is 0. The summed E-state index contributed by atoms with van der Waals surface area (Å²) < 4.78 is 18.9. The molecular formula is C29H40N2O6. The molecule has 1 N–H and O–H groups in total. The smallest absolute Gasteiger partial charge is 0.338 e. The van der Waals surface area contributed by atoms with Crippen molar-refractivity contribution < 1.29 is 28.9 Å². The Hall–Kier alpha value is -3.94. The first-order valence-electron chi connectivity index (χ1n) is 11.3. The van der Waals surface area contributed by atoms with E-state index >= 15 is 0 Å². The third-order valence-electron chi connectivity index (χ3n) is 5.79. The maximum Gasteiger partial charge on any atom is 0.338 e. The number of carbonyl (C=O) groups is 2. The number of aromatic hydroxyl groups is 1. The highest BCUT2D eigenvalue weighted by Crippen LogP contribution is 2.30. The number of ether oxygens (including phenoxy) is 3. The minimum absolute atomic E-state index is 0. The van der Waals surface area contributed by atoms with Crippen molar-refractivity contribution in [2.45, 2.75) is 54.6 Å². The molecule has 2 aromatic carbocycles. The summed E-state index contributed by atoms with van der Waals surface area (Å²) in [6.07, 6.45) is 3.88. The molecule has 0 amide bonds. The average Bonchev–Trinajstić information content (AvgIpc) is 3.46. The highest BCUT2D eigenvalue weighted by molar-refractivity contribution is 6.05. The topological polar surface area (TPSA) is 91.9 Å². The zero-order valence-corrected chi connectivity index (χ0v) is 21.2. The quantitative estimate of drug-likeness (QED) is 0.289. The van der Waals surface area contributed by atoms with Gasteiger partial charge in [-0.05, 0) is 52.0 Å². The number of methoxy groups -OCH3 is 3. The Balaban J connectivity index is 0.000000351. The molecule has 0 fully saturated rings. The van der Waals surface area contributed by atoms with E-state index in [1.54, 1.807) is 19.2 Å². The van der Waals surface area contributed by atoms with Gasteiger partial charge >= 0.3 is 11.9 Å². The van der Waals surface area contributed by atoms with Crippen LogP contribution in [-0.2, 0) is 9.47 Å². The van der Waals surface area contributed by atoms with Gasteiger partial charge in [-0.25, -0.2) is 9.59 Å². The summed E-state index contributed by atoms with van der Waals surface area (Å²) in [5.41, 5.74) is 2.73. The predicted octanol–water partition coefficient (Wildman–Crippen LogP) is 7.00. The summed E-state index contributed by atoms with van der Waals surface area (Å²) in [6, 6.07) is 11.1. The molecule has 0 aliphatic heterocycles. The normalized spacial score (nSPS) is 10.4. The molecule has 0 aliphatic rings. The van der Waals surface area contributed by atoms with Crippen LogP contribution in [0.1, 0.15) is 75.3 Å². The standard InChI is InChI=1S/C14H17NO3.C13H15NO3.2CH4/c1-9(2)15-6-5-11-12(14(16)18-4)7-10(17-3)8-13(11)15;1-8(2)14-5-4-10-11(13(16)17-3)6-9(15)7-12(10)14;;/h5-9H,1-4H3;4-8,15H,1-3H3;2*1H4. The average molecular weight is 513 g/mol. The molecule has 0 atom stereocenters. The molecule has 4 aromatic rings. The lowest BCUT2D eigenvalue weighted by molar-refractivity contribution is 0.0593. The van der Waals surface area contributed by atoms with E-state index in [0.717, 1.165) is 21.8 Å². The molecule has 2 heterocycles. The fourth-order valence-corrected chi connectivity index (χ4v) is 4.06. The first-order valence-corrected chi connectivity index (χ1v) is 11.3. The Morgan fingerprint density at radius 2 is 1.16 bits per heavy atom. The van der Waals surface area contributed by atoms with Gasteiger partial charge < -0.3 is 28.5 Å². The van der Waals surface area contributed by atoms with Gasteiger partial charge in [0, 0.05) is 47.4 Å². The maximum atomic E-state index is 11.8. The fraction of sp³-hybridized carbons (Fsp3) is 0.379. The SMILES string of the molecule is C.C.COC(=O)c1cc(O)cc2c1ccn2C(C)C.COC(=O)c1cc(OC)cc2c1ccn2C(C)C.